The van der Waals surface area contributed by atoms with Gasteiger partial charge < -0.3 is 10.8 Å². The molecule has 23 heavy (non-hydrogen) atoms. The summed E-state index contributed by atoms with van der Waals surface area (Å²) in [5, 5.41) is 8.85. The van der Waals surface area contributed by atoms with Crippen LogP contribution < -0.4 is 5.73 Å². The summed E-state index contributed by atoms with van der Waals surface area (Å²) in [7, 11) is 0. The summed E-state index contributed by atoms with van der Waals surface area (Å²) in [4.78, 5) is 21.2. The lowest BCUT2D eigenvalue weighted by molar-refractivity contribution is -0.121. The number of amides is 1. The van der Waals surface area contributed by atoms with Crippen LogP contribution >= 0.6 is 0 Å². The Balaban J connectivity index is -0.000000287. The number of carbonyl (C=O) groups is 2. The van der Waals surface area contributed by atoms with Gasteiger partial charge >= 0.3 is 0 Å². The Hall–Kier alpha value is -1.84. The van der Waals surface area contributed by atoms with Crippen LogP contribution in [-0.2, 0) is 4.79 Å². The molecule has 0 fully saturated rings. The number of primary amides is 1. The maximum atomic E-state index is 10.8. The molecule has 0 aliphatic carbocycles. The molecule has 134 valence electrons. The predicted molar refractivity (Wildman–Crippen MR) is 98.7 cm³/mol. The average molecular weight is 325 g/mol. The zero-order chi connectivity index (χ0) is 18.8. The number of ketones is 1. The van der Waals surface area contributed by atoms with Crippen LogP contribution in [0.1, 0.15) is 78.1 Å². The minimum atomic E-state index is -0.532. The Kier molecular flexibility index (Phi) is 20.6. The fraction of sp³-hybridized carbons (Fsp3) is 0.579. The molecule has 0 radical (unpaired) electrons. The van der Waals surface area contributed by atoms with Crippen LogP contribution in [0.15, 0.2) is 24.3 Å². The van der Waals surface area contributed by atoms with Gasteiger partial charge in [0.25, 0.3) is 0 Å². The highest BCUT2D eigenvalue weighted by molar-refractivity contribution is 5.93. The van der Waals surface area contributed by atoms with Crippen molar-refractivity contribution >= 4 is 11.7 Å². The van der Waals surface area contributed by atoms with Crippen molar-refractivity contribution in [2.24, 2.45) is 11.7 Å². The number of carbonyl (C=O) groups excluding carboxylic acids is 2. The zero-order valence-corrected chi connectivity index (χ0v) is 15.8. The second-order valence-electron chi connectivity index (χ2n) is 4.42. The van der Waals surface area contributed by atoms with Gasteiger partial charge in [-0.15, -0.1) is 0 Å². The first-order valence-electron chi connectivity index (χ1n) is 8.51. The van der Waals surface area contributed by atoms with E-state index in [2.05, 4.69) is 13.8 Å². The van der Waals surface area contributed by atoms with E-state index in [4.69, 9.17) is 10.8 Å². The number of Topliss-reactive ketones (excluding diaryl/α,β-unsaturated/α-hetero) is 1. The van der Waals surface area contributed by atoms with Gasteiger partial charge in [0.05, 0.1) is 0 Å². The lowest BCUT2D eigenvalue weighted by atomic mass is 9.97. The van der Waals surface area contributed by atoms with Crippen LogP contribution in [0.5, 0.6) is 5.75 Å². The van der Waals surface area contributed by atoms with Gasteiger partial charge in [-0.2, -0.15) is 0 Å². The van der Waals surface area contributed by atoms with Crippen LogP contribution in [0.3, 0.4) is 0 Å². The molecule has 3 N–H and O–H groups in total. The van der Waals surface area contributed by atoms with Crippen molar-refractivity contribution in [1.29, 1.82) is 0 Å². The Morgan fingerprint density at radius 2 is 1.65 bits per heavy atom. The average Bonchev–Trinajstić information content (AvgIpc) is 2.56. The molecule has 0 aromatic heterocycles. The minimum absolute atomic E-state index is 0.0521. The Morgan fingerprint density at radius 1 is 1.13 bits per heavy atom. The van der Waals surface area contributed by atoms with E-state index in [1.54, 1.807) is 19.1 Å². The molecule has 4 heteroatoms. The van der Waals surface area contributed by atoms with Crippen LogP contribution in [-0.4, -0.2) is 16.8 Å². The molecule has 1 amide bonds. The molecule has 0 aliphatic heterocycles. The van der Waals surface area contributed by atoms with Gasteiger partial charge in [-0.3, -0.25) is 9.59 Å². The zero-order valence-electron chi connectivity index (χ0n) is 15.8. The van der Waals surface area contributed by atoms with E-state index in [1.807, 2.05) is 27.7 Å². The van der Waals surface area contributed by atoms with Gasteiger partial charge in [0.2, 0.25) is 5.91 Å². The van der Waals surface area contributed by atoms with Crippen molar-refractivity contribution in [2.75, 3.05) is 0 Å². The number of phenols is 1. The summed E-state index contributed by atoms with van der Waals surface area (Å²) in [5.41, 5.74) is 5.25. The smallest absolute Gasteiger partial charge is 0.248 e. The molecule has 4 nitrogen and oxygen atoms in total. The normalized spacial score (nSPS) is 9.70. The van der Waals surface area contributed by atoms with Gasteiger partial charge in [-0.1, -0.05) is 54.0 Å². The Labute approximate surface area is 142 Å². The van der Waals surface area contributed by atoms with E-state index in [1.165, 1.54) is 12.1 Å². The lowest BCUT2D eigenvalue weighted by Crippen LogP contribution is -2.10. The number of hydrogen-bond donors (Lipinski definition) is 2. The molecule has 0 bridgehead atoms. The molecule has 0 spiro atoms. The molecule has 1 rings (SSSR count). The van der Waals surface area contributed by atoms with Crippen LogP contribution in [0.2, 0.25) is 0 Å². The van der Waals surface area contributed by atoms with E-state index in [0.29, 0.717) is 17.3 Å². The van der Waals surface area contributed by atoms with E-state index >= 15 is 0 Å². The van der Waals surface area contributed by atoms with Crippen molar-refractivity contribution < 1.29 is 14.7 Å². The monoisotopic (exact) mass is 325 g/mol. The fourth-order valence-electron chi connectivity index (χ4n) is 1.70. The summed E-state index contributed by atoms with van der Waals surface area (Å²) < 4.78 is 0. The van der Waals surface area contributed by atoms with E-state index in [0.717, 1.165) is 19.3 Å². The molecular weight excluding hydrogens is 290 g/mol. The number of aromatic hydroxyl groups is 1. The van der Waals surface area contributed by atoms with Crippen molar-refractivity contribution in [1.82, 2.24) is 0 Å². The number of phenolic OH excluding ortho intramolecular Hbond substituents is 1. The Morgan fingerprint density at radius 3 is 1.87 bits per heavy atom. The molecule has 0 aliphatic rings. The fourth-order valence-corrected chi connectivity index (χ4v) is 1.70. The molecule has 1 aromatic carbocycles. The second kappa shape index (κ2) is 18.2. The molecule has 1 atom stereocenters. The van der Waals surface area contributed by atoms with Gasteiger partial charge in [-0.25, -0.2) is 0 Å². The number of rotatable bonds is 5. The van der Waals surface area contributed by atoms with Gasteiger partial charge in [0, 0.05) is 11.5 Å². The van der Waals surface area contributed by atoms with Crippen LogP contribution in [0.4, 0.5) is 0 Å². The Bertz CT molecular complexity index is 417. The number of nitrogens with two attached hydrogens (primary N) is 1. The third-order valence-electron chi connectivity index (χ3n) is 2.84. The van der Waals surface area contributed by atoms with E-state index < -0.39 is 5.91 Å². The molecule has 0 saturated heterocycles. The predicted octanol–water partition coefficient (Wildman–Crippen LogP) is 4.95. The van der Waals surface area contributed by atoms with Crippen molar-refractivity contribution in [3.8, 4) is 5.75 Å². The summed E-state index contributed by atoms with van der Waals surface area (Å²) in [5.74, 6) is 0.196. The first-order valence-corrected chi connectivity index (χ1v) is 8.51. The number of hydrogen-bond acceptors (Lipinski definition) is 3. The van der Waals surface area contributed by atoms with Crippen LogP contribution in [0, 0.1) is 5.92 Å². The van der Waals surface area contributed by atoms with Crippen molar-refractivity contribution in [2.45, 2.75) is 67.7 Å². The SMILES string of the molecule is CC.CC.CCCC(CC)C(C)=O.NC(=O)c1cccc(O)c1. The quantitative estimate of drug-likeness (QED) is 0.804. The third kappa shape index (κ3) is 14.8. The number of benzene rings is 1. The first-order chi connectivity index (χ1) is 10.9. The summed E-state index contributed by atoms with van der Waals surface area (Å²) >= 11 is 0. The largest absolute Gasteiger partial charge is 0.508 e. The minimum Gasteiger partial charge on any atom is -0.508 e. The standard InChI is InChI=1S/C8H16O.C7H7NO2.2C2H6/c1-4-6-8(5-2)7(3)9;8-7(10)5-2-1-3-6(9)4-5;2*1-2/h8H,4-6H2,1-3H3;1-4,9H,(H2,8,10);2*1-2H3. The molecule has 0 saturated carbocycles. The van der Waals surface area contributed by atoms with Gasteiger partial charge in [0.15, 0.2) is 0 Å². The highest BCUT2D eigenvalue weighted by Gasteiger charge is 2.08. The summed E-state index contributed by atoms with van der Waals surface area (Å²) in [6.07, 6.45) is 3.19. The highest BCUT2D eigenvalue weighted by atomic mass is 16.3. The molecular formula is C19H35NO3. The molecule has 0 heterocycles. The van der Waals surface area contributed by atoms with Gasteiger partial charge in [0.1, 0.15) is 11.5 Å². The molecule has 1 unspecified atom stereocenters. The summed E-state index contributed by atoms with van der Waals surface area (Å²) in [6.45, 7) is 13.9. The maximum Gasteiger partial charge on any atom is 0.248 e. The van der Waals surface area contributed by atoms with E-state index in [-0.39, 0.29) is 5.75 Å². The lowest BCUT2D eigenvalue weighted by Gasteiger charge is -2.07. The van der Waals surface area contributed by atoms with Crippen LogP contribution in [0.25, 0.3) is 0 Å². The van der Waals surface area contributed by atoms with E-state index in [9.17, 15) is 9.59 Å². The maximum absolute atomic E-state index is 10.8. The molecule has 1 aromatic rings. The first kappa shape index (κ1) is 26.1. The third-order valence-corrected chi connectivity index (χ3v) is 2.84. The van der Waals surface area contributed by atoms with Crippen molar-refractivity contribution in [3.05, 3.63) is 29.8 Å². The van der Waals surface area contributed by atoms with Gasteiger partial charge in [-0.05, 0) is 38.0 Å². The highest BCUT2D eigenvalue weighted by Crippen LogP contribution is 2.11. The van der Waals surface area contributed by atoms with Crippen molar-refractivity contribution in [3.63, 3.8) is 0 Å². The topological polar surface area (TPSA) is 80.4 Å². The summed E-state index contributed by atoms with van der Waals surface area (Å²) in [6, 6.07) is 5.91. The second-order valence-corrected chi connectivity index (χ2v) is 4.42.